The van der Waals surface area contributed by atoms with Gasteiger partial charge < -0.3 is 19.9 Å². The maximum Gasteiger partial charge on any atom is 0.151 e. The number of ether oxygens (including phenoxy) is 1. The Morgan fingerprint density at radius 2 is 2.05 bits per heavy atom. The Morgan fingerprint density at radius 1 is 1.32 bits per heavy atom. The van der Waals surface area contributed by atoms with Crippen molar-refractivity contribution in [2.24, 2.45) is 0 Å². The van der Waals surface area contributed by atoms with E-state index in [1.54, 1.807) is 13.8 Å². The predicted molar refractivity (Wildman–Crippen MR) is 88.0 cm³/mol. The number of aromatic nitrogens is 1. The van der Waals surface area contributed by atoms with Gasteiger partial charge in [0.15, 0.2) is 5.75 Å². The first-order valence-corrected chi connectivity index (χ1v) is 7.59. The summed E-state index contributed by atoms with van der Waals surface area (Å²) in [6.45, 7) is 7.27. The van der Waals surface area contributed by atoms with E-state index >= 15 is 0 Å². The molecule has 3 N–H and O–H groups in total. The van der Waals surface area contributed by atoms with Crippen LogP contribution in [0.3, 0.4) is 0 Å². The summed E-state index contributed by atoms with van der Waals surface area (Å²) in [4.78, 5) is 3.26. The summed E-state index contributed by atoms with van der Waals surface area (Å²) < 4.78 is 6.09. The number of hydrogen-bond acceptors (Lipinski definition) is 3. The van der Waals surface area contributed by atoms with Crippen LogP contribution in [0.1, 0.15) is 38.8 Å². The number of aromatic amines is 1. The topological polar surface area (TPSA) is 65.5 Å². The Labute approximate surface area is 130 Å². The van der Waals surface area contributed by atoms with Gasteiger partial charge in [-0.05, 0) is 39.3 Å². The Balaban J connectivity index is 2.02. The van der Waals surface area contributed by atoms with Gasteiger partial charge >= 0.3 is 0 Å². The van der Waals surface area contributed by atoms with Gasteiger partial charge in [0.25, 0.3) is 0 Å². The van der Waals surface area contributed by atoms with E-state index in [-0.39, 0.29) is 5.60 Å². The van der Waals surface area contributed by atoms with Gasteiger partial charge in [-0.1, -0.05) is 18.2 Å². The molecular weight excluding hydrogens is 278 g/mol. The van der Waals surface area contributed by atoms with Gasteiger partial charge in [0.1, 0.15) is 5.60 Å². The van der Waals surface area contributed by atoms with Crippen LogP contribution in [-0.4, -0.2) is 32.5 Å². The van der Waals surface area contributed by atoms with Gasteiger partial charge in [-0.25, -0.2) is 0 Å². The minimum atomic E-state index is -1.13. The standard InChI is InChI=1S/C18H23NO3/c1-17(2)8-7-11-5-6-13-12(9-14(20)18(3,4)21)10-19-15(13)16(11)22-17/h5-8,10,14,19-21H,9H2,1-4H3. The van der Waals surface area contributed by atoms with Crippen LogP contribution in [0.2, 0.25) is 0 Å². The van der Waals surface area contributed by atoms with Crippen LogP contribution in [0, 0.1) is 0 Å². The number of aliphatic hydroxyl groups is 2. The molecule has 0 aliphatic carbocycles. The van der Waals surface area contributed by atoms with E-state index in [0.717, 1.165) is 27.8 Å². The molecule has 0 fully saturated rings. The van der Waals surface area contributed by atoms with Crippen molar-refractivity contribution in [2.45, 2.75) is 51.4 Å². The van der Waals surface area contributed by atoms with Crippen LogP contribution in [0.4, 0.5) is 0 Å². The third kappa shape index (κ3) is 2.64. The zero-order chi connectivity index (χ0) is 16.1. The van der Waals surface area contributed by atoms with Crippen LogP contribution in [0.5, 0.6) is 5.75 Å². The summed E-state index contributed by atoms with van der Waals surface area (Å²) >= 11 is 0. The molecule has 2 heterocycles. The molecule has 118 valence electrons. The fourth-order valence-electron chi connectivity index (χ4n) is 2.70. The predicted octanol–water partition coefficient (Wildman–Crippen LogP) is 3.03. The molecule has 1 aliphatic heterocycles. The highest BCUT2D eigenvalue weighted by molar-refractivity contribution is 5.92. The average molecular weight is 301 g/mol. The van der Waals surface area contributed by atoms with Gasteiger partial charge in [-0.2, -0.15) is 0 Å². The lowest BCUT2D eigenvalue weighted by atomic mass is 9.94. The normalized spacial score (nSPS) is 18.1. The van der Waals surface area contributed by atoms with Crippen molar-refractivity contribution >= 4 is 17.0 Å². The summed E-state index contributed by atoms with van der Waals surface area (Å²) in [6.07, 6.45) is 5.57. The Morgan fingerprint density at radius 3 is 2.73 bits per heavy atom. The van der Waals surface area contributed by atoms with Gasteiger partial charge in [0, 0.05) is 23.6 Å². The molecule has 4 heteroatoms. The molecule has 0 saturated heterocycles. The van der Waals surface area contributed by atoms with Gasteiger partial charge in [-0.15, -0.1) is 0 Å². The molecule has 3 rings (SSSR count). The van der Waals surface area contributed by atoms with Crippen molar-refractivity contribution in [3.8, 4) is 5.75 Å². The molecule has 2 aromatic rings. The molecule has 0 saturated carbocycles. The molecule has 1 aromatic heterocycles. The molecular formula is C18H23NO3. The van der Waals surface area contributed by atoms with Crippen LogP contribution < -0.4 is 4.74 Å². The Kier molecular flexibility index (Phi) is 3.34. The fourth-order valence-corrected chi connectivity index (χ4v) is 2.70. The van der Waals surface area contributed by atoms with E-state index in [1.165, 1.54) is 0 Å². The van der Waals surface area contributed by atoms with Crippen molar-refractivity contribution in [1.82, 2.24) is 4.98 Å². The first kappa shape index (κ1) is 15.1. The van der Waals surface area contributed by atoms with Crippen LogP contribution in [0.25, 0.3) is 17.0 Å². The second-order valence-electron chi connectivity index (χ2n) is 7.13. The molecule has 0 amide bonds. The van der Waals surface area contributed by atoms with E-state index in [1.807, 2.05) is 38.3 Å². The van der Waals surface area contributed by atoms with Crippen molar-refractivity contribution in [3.63, 3.8) is 0 Å². The van der Waals surface area contributed by atoms with Crippen LogP contribution in [0.15, 0.2) is 24.4 Å². The van der Waals surface area contributed by atoms with E-state index < -0.39 is 11.7 Å². The van der Waals surface area contributed by atoms with Gasteiger partial charge in [0.2, 0.25) is 0 Å². The van der Waals surface area contributed by atoms with E-state index in [9.17, 15) is 10.2 Å². The molecule has 22 heavy (non-hydrogen) atoms. The fraction of sp³-hybridized carbons (Fsp3) is 0.444. The lowest BCUT2D eigenvalue weighted by Gasteiger charge is -2.28. The highest BCUT2D eigenvalue weighted by Gasteiger charge is 2.27. The lowest BCUT2D eigenvalue weighted by Crippen LogP contribution is -2.37. The molecule has 0 radical (unpaired) electrons. The second kappa shape index (κ2) is 4.86. The number of aliphatic hydroxyl groups excluding tert-OH is 1. The first-order chi connectivity index (χ1) is 10.2. The average Bonchev–Trinajstić information content (AvgIpc) is 2.80. The SMILES string of the molecule is CC1(C)C=Cc2ccc3c(CC(O)C(C)(C)O)c[nH]c3c2O1. The zero-order valence-corrected chi connectivity index (χ0v) is 13.5. The minimum Gasteiger partial charge on any atom is -0.481 e. The summed E-state index contributed by atoms with van der Waals surface area (Å²) in [5.74, 6) is 0.842. The molecule has 1 aliphatic rings. The van der Waals surface area contributed by atoms with Gasteiger partial charge in [0.05, 0.1) is 17.2 Å². The third-order valence-electron chi connectivity index (χ3n) is 4.18. The number of rotatable bonds is 3. The lowest BCUT2D eigenvalue weighted by molar-refractivity contribution is -0.0468. The van der Waals surface area contributed by atoms with Crippen LogP contribution >= 0.6 is 0 Å². The van der Waals surface area contributed by atoms with Crippen molar-refractivity contribution in [3.05, 3.63) is 35.5 Å². The van der Waals surface area contributed by atoms with Crippen molar-refractivity contribution in [2.75, 3.05) is 0 Å². The number of H-pyrrole nitrogens is 1. The highest BCUT2D eigenvalue weighted by atomic mass is 16.5. The number of nitrogens with one attached hydrogen (secondary N) is 1. The molecule has 1 aromatic carbocycles. The molecule has 0 spiro atoms. The molecule has 1 atom stereocenters. The Bertz CT molecular complexity index is 735. The zero-order valence-electron chi connectivity index (χ0n) is 13.5. The Hall–Kier alpha value is -1.78. The van der Waals surface area contributed by atoms with E-state index in [2.05, 4.69) is 11.1 Å². The second-order valence-corrected chi connectivity index (χ2v) is 7.13. The monoisotopic (exact) mass is 301 g/mol. The quantitative estimate of drug-likeness (QED) is 0.816. The number of fused-ring (bicyclic) bond motifs is 3. The minimum absolute atomic E-state index is 0.334. The summed E-state index contributed by atoms with van der Waals surface area (Å²) in [7, 11) is 0. The summed E-state index contributed by atoms with van der Waals surface area (Å²) in [6, 6.07) is 4.06. The van der Waals surface area contributed by atoms with Crippen LogP contribution in [-0.2, 0) is 6.42 Å². The maximum absolute atomic E-state index is 10.1. The van der Waals surface area contributed by atoms with Crippen molar-refractivity contribution < 1.29 is 14.9 Å². The van der Waals surface area contributed by atoms with Crippen molar-refractivity contribution in [1.29, 1.82) is 0 Å². The largest absolute Gasteiger partial charge is 0.481 e. The highest BCUT2D eigenvalue weighted by Crippen LogP contribution is 2.38. The van der Waals surface area contributed by atoms with E-state index in [0.29, 0.717) is 6.42 Å². The summed E-state index contributed by atoms with van der Waals surface area (Å²) in [5.41, 5.74) is 1.50. The number of benzene rings is 1. The summed E-state index contributed by atoms with van der Waals surface area (Å²) in [5, 5.41) is 21.1. The number of hydrogen-bond donors (Lipinski definition) is 3. The molecule has 0 bridgehead atoms. The first-order valence-electron chi connectivity index (χ1n) is 7.59. The maximum atomic E-state index is 10.1. The van der Waals surface area contributed by atoms with E-state index in [4.69, 9.17) is 4.74 Å². The molecule has 1 unspecified atom stereocenters. The molecule has 4 nitrogen and oxygen atoms in total. The smallest absolute Gasteiger partial charge is 0.151 e. The third-order valence-corrected chi connectivity index (χ3v) is 4.18. The van der Waals surface area contributed by atoms with Gasteiger partial charge in [-0.3, -0.25) is 0 Å².